The number of aliphatic hydroxyl groups is 1. The van der Waals surface area contributed by atoms with E-state index in [1.165, 1.54) is 32.1 Å². The van der Waals surface area contributed by atoms with Crippen LogP contribution in [-0.2, 0) is 0 Å². The second-order valence-corrected chi connectivity index (χ2v) is 5.37. The molecule has 1 N–H and O–H groups in total. The summed E-state index contributed by atoms with van der Waals surface area (Å²) in [7, 11) is 0. The van der Waals surface area contributed by atoms with Crippen molar-refractivity contribution in [2.24, 2.45) is 5.92 Å². The highest BCUT2D eigenvalue weighted by atomic mass is 16.3. The lowest BCUT2D eigenvalue weighted by molar-refractivity contribution is 0.0393. The lowest BCUT2D eigenvalue weighted by atomic mass is 10.0. The molecular formula is C14H29NO. The molecule has 0 aromatic carbocycles. The van der Waals surface area contributed by atoms with Gasteiger partial charge in [0.2, 0.25) is 0 Å². The van der Waals surface area contributed by atoms with Crippen LogP contribution in [0.1, 0.15) is 59.3 Å². The Morgan fingerprint density at radius 1 is 1.19 bits per heavy atom. The molecule has 0 saturated heterocycles. The first-order valence-electron chi connectivity index (χ1n) is 7.11. The zero-order valence-corrected chi connectivity index (χ0v) is 11.3. The highest BCUT2D eigenvalue weighted by Gasteiger charge is 2.26. The van der Waals surface area contributed by atoms with Gasteiger partial charge < -0.3 is 5.11 Å². The summed E-state index contributed by atoms with van der Waals surface area (Å²) < 4.78 is 0. The molecule has 0 aromatic rings. The van der Waals surface area contributed by atoms with E-state index in [0.717, 1.165) is 25.4 Å². The summed E-state index contributed by atoms with van der Waals surface area (Å²) in [6.45, 7) is 9.01. The van der Waals surface area contributed by atoms with E-state index in [1.807, 2.05) is 0 Å². The Bertz CT molecular complexity index is 184. The molecular weight excluding hydrogens is 198 g/mol. The summed E-state index contributed by atoms with van der Waals surface area (Å²) in [6.07, 6.45) is 7.13. The Hall–Kier alpha value is -0.0800. The Morgan fingerprint density at radius 3 is 2.50 bits per heavy atom. The molecule has 1 rings (SSSR count). The Labute approximate surface area is 101 Å². The molecule has 96 valence electrons. The predicted molar refractivity (Wildman–Crippen MR) is 69.6 cm³/mol. The summed E-state index contributed by atoms with van der Waals surface area (Å²) in [5.41, 5.74) is 0. The fourth-order valence-corrected chi connectivity index (χ4v) is 2.72. The van der Waals surface area contributed by atoms with Gasteiger partial charge in [0.25, 0.3) is 0 Å². The Balaban J connectivity index is 2.54. The molecule has 3 unspecified atom stereocenters. The van der Waals surface area contributed by atoms with Crippen LogP contribution in [0.2, 0.25) is 0 Å². The van der Waals surface area contributed by atoms with Gasteiger partial charge >= 0.3 is 0 Å². The molecule has 0 aliphatic heterocycles. The molecule has 1 aliphatic rings. The topological polar surface area (TPSA) is 23.5 Å². The lowest BCUT2D eigenvalue weighted by Gasteiger charge is -2.34. The third kappa shape index (κ3) is 4.06. The van der Waals surface area contributed by atoms with Gasteiger partial charge in [-0.3, -0.25) is 4.90 Å². The highest BCUT2D eigenvalue weighted by Crippen LogP contribution is 2.23. The fraction of sp³-hybridized carbons (Fsp3) is 1.00. The van der Waals surface area contributed by atoms with Gasteiger partial charge in [0.15, 0.2) is 0 Å². The van der Waals surface area contributed by atoms with Crippen molar-refractivity contribution in [2.45, 2.75) is 71.4 Å². The van der Waals surface area contributed by atoms with Crippen molar-refractivity contribution in [3.8, 4) is 0 Å². The van der Waals surface area contributed by atoms with Crippen LogP contribution < -0.4 is 0 Å². The summed E-state index contributed by atoms with van der Waals surface area (Å²) in [5.74, 6) is 0.746. The molecule has 2 nitrogen and oxygen atoms in total. The highest BCUT2D eigenvalue weighted by molar-refractivity contribution is 4.82. The van der Waals surface area contributed by atoms with Crippen molar-refractivity contribution in [1.82, 2.24) is 4.90 Å². The van der Waals surface area contributed by atoms with E-state index < -0.39 is 0 Å². The molecule has 1 aliphatic carbocycles. The molecule has 0 amide bonds. The van der Waals surface area contributed by atoms with Crippen molar-refractivity contribution >= 4 is 0 Å². The van der Waals surface area contributed by atoms with Gasteiger partial charge in [-0.2, -0.15) is 0 Å². The normalized spacial score (nSPS) is 29.1. The van der Waals surface area contributed by atoms with Gasteiger partial charge in [0.05, 0.1) is 6.10 Å². The Morgan fingerprint density at radius 2 is 1.88 bits per heavy atom. The zero-order chi connectivity index (χ0) is 12.0. The van der Waals surface area contributed by atoms with Crippen molar-refractivity contribution in [3.05, 3.63) is 0 Å². The lowest BCUT2D eigenvalue weighted by Crippen LogP contribution is -2.44. The Kier molecular flexibility index (Phi) is 6.37. The van der Waals surface area contributed by atoms with E-state index in [9.17, 15) is 5.11 Å². The van der Waals surface area contributed by atoms with Crippen LogP contribution in [0.5, 0.6) is 0 Å². The van der Waals surface area contributed by atoms with Crippen molar-refractivity contribution in [1.29, 1.82) is 0 Å². The molecule has 16 heavy (non-hydrogen) atoms. The van der Waals surface area contributed by atoms with E-state index in [-0.39, 0.29) is 6.10 Å². The maximum absolute atomic E-state index is 10.2. The first-order valence-corrected chi connectivity index (χ1v) is 7.11. The number of nitrogens with zero attached hydrogens (tertiary/aromatic N) is 1. The molecule has 0 radical (unpaired) electrons. The van der Waals surface area contributed by atoms with Crippen LogP contribution in [0, 0.1) is 5.92 Å². The average Bonchev–Trinajstić information content (AvgIpc) is 2.50. The predicted octanol–water partition coefficient (Wildman–Crippen LogP) is 3.05. The molecule has 0 bridgehead atoms. The van der Waals surface area contributed by atoms with E-state index in [2.05, 4.69) is 25.7 Å². The van der Waals surface area contributed by atoms with Gasteiger partial charge in [0.1, 0.15) is 0 Å². The average molecular weight is 227 g/mol. The smallest absolute Gasteiger partial charge is 0.0695 e. The maximum atomic E-state index is 10.2. The molecule has 2 heteroatoms. The number of likely N-dealkylation sites (N-methyl/N-ethyl adjacent to an activating group) is 1. The first-order chi connectivity index (χ1) is 7.69. The second kappa shape index (κ2) is 7.29. The number of aliphatic hydroxyl groups excluding tert-OH is 1. The standard InChI is InChI=1S/C14H29NO/c1-4-12(3)11-15(5-2)13-9-7-6-8-10-14(13)16/h12-14,16H,4-11H2,1-3H3. The van der Waals surface area contributed by atoms with Crippen LogP contribution in [0.4, 0.5) is 0 Å². The molecule has 0 aromatic heterocycles. The van der Waals surface area contributed by atoms with Gasteiger partial charge in [-0.05, 0) is 25.3 Å². The number of hydrogen-bond acceptors (Lipinski definition) is 2. The van der Waals surface area contributed by atoms with Gasteiger partial charge in [0, 0.05) is 12.6 Å². The fourth-order valence-electron chi connectivity index (χ4n) is 2.72. The van der Waals surface area contributed by atoms with E-state index >= 15 is 0 Å². The molecule has 0 heterocycles. The minimum absolute atomic E-state index is 0.0912. The molecule has 1 saturated carbocycles. The van der Waals surface area contributed by atoms with Gasteiger partial charge in [-0.1, -0.05) is 46.5 Å². The van der Waals surface area contributed by atoms with Crippen LogP contribution in [0.25, 0.3) is 0 Å². The number of rotatable bonds is 5. The molecule has 1 fully saturated rings. The zero-order valence-electron chi connectivity index (χ0n) is 11.3. The number of hydrogen-bond donors (Lipinski definition) is 1. The monoisotopic (exact) mass is 227 g/mol. The van der Waals surface area contributed by atoms with Gasteiger partial charge in [-0.25, -0.2) is 0 Å². The van der Waals surface area contributed by atoms with Gasteiger partial charge in [-0.15, -0.1) is 0 Å². The van der Waals surface area contributed by atoms with Crippen molar-refractivity contribution in [2.75, 3.05) is 13.1 Å². The van der Waals surface area contributed by atoms with E-state index in [0.29, 0.717) is 6.04 Å². The molecule has 0 spiro atoms. The molecule has 3 atom stereocenters. The summed E-state index contributed by atoms with van der Waals surface area (Å²) in [6, 6.07) is 0.418. The van der Waals surface area contributed by atoms with Crippen molar-refractivity contribution in [3.63, 3.8) is 0 Å². The minimum Gasteiger partial charge on any atom is -0.391 e. The minimum atomic E-state index is -0.0912. The summed E-state index contributed by atoms with van der Waals surface area (Å²) in [4.78, 5) is 2.50. The van der Waals surface area contributed by atoms with Crippen LogP contribution >= 0.6 is 0 Å². The SMILES string of the molecule is CCC(C)CN(CC)C1CCCCCC1O. The summed E-state index contributed by atoms with van der Waals surface area (Å²) >= 11 is 0. The largest absolute Gasteiger partial charge is 0.391 e. The van der Waals surface area contributed by atoms with E-state index in [1.54, 1.807) is 0 Å². The van der Waals surface area contributed by atoms with Crippen molar-refractivity contribution < 1.29 is 5.11 Å². The summed E-state index contributed by atoms with van der Waals surface area (Å²) in [5, 5.41) is 10.2. The van der Waals surface area contributed by atoms with Crippen LogP contribution in [0.15, 0.2) is 0 Å². The third-order valence-corrected chi connectivity index (χ3v) is 4.06. The first kappa shape index (κ1) is 14.0. The van der Waals surface area contributed by atoms with E-state index in [4.69, 9.17) is 0 Å². The maximum Gasteiger partial charge on any atom is 0.0695 e. The van der Waals surface area contributed by atoms with Crippen LogP contribution in [0.3, 0.4) is 0 Å². The second-order valence-electron chi connectivity index (χ2n) is 5.37. The third-order valence-electron chi connectivity index (χ3n) is 4.06. The quantitative estimate of drug-likeness (QED) is 0.730. The van der Waals surface area contributed by atoms with Crippen LogP contribution in [-0.4, -0.2) is 35.2 Å².